The van der Waals surface area contributed by atoms with E-state index < -0.39 is 15.9 Å². The summed E-state index contributed by atoms with van der Waals surface area (Å²) >= 11 is 0. The van der Waals surface area contributed by atoms with Crippen molar-refractivity contribution >= 4 is 32.9 Å². The van der Waals surface area contributed by atoms with Crippen LogP contribution in [0.3, 0.4) is 0 Å². The van der Waals surface area contributed by atoms with Crippen LogP contribution in [0.5, 0.6) is 0 Å². The smallest absolute Gasteiger partial charge is 0.267 e. The van der Waals surface area contributed by atoms with Crippen LogP contribution < -0.4 is 10.8 Å². The van der Waals surface area contributed by atoms with E-state index in [0.29, 0.717) is 18.7 Å². The number of nitrogens with one attached hydrogen (secondary N) is 3. The molecule has 4 N–H and O–H groups in total. The number of aromatic amines is 1. The Hall–Kier alpha value is -3.66. The molecule has 1 amide bonds. The number of carbonyl (C=O) groups is 1. The van der Waals surface area contributed by atoms with E-state index in [2.05, 4.69) is 16.4 Å². The van der Waals surface area contributed by atoms with Crippen LogP contribution in [-0.4, -0.2) is 28.5 Å². The number of carbonyl (C=O) groups excluding carboxylic acids is 1. The van der Waals surface area contributed by atoms with Crippen LogP contribution in [0.1, 0.15) is 16.7 Å². The lowest BCUT2D eigenvalue weighted by Gasteiger charge is -2.08. The molecule has 0 radical (unpaired) electrons. The van der Waals surface area contributed by atoms with Gasteiger partial charge < -0.3 is 10.3 Å². The van der Waals surface area contributed by atoms with Gasteiger partial charge in [0.05, 0.1) is 4.90 Å². The number of nitrogens with zero attached hydrogens (tertiary/aromatic N) is 1. The fourth-order valence-corrected chi connectivity index (χ4v) is 4.58. The summed E-state index contributed by atoms with van der Waals surface area (Å²) < 4.78 is 26.8. The molecule has 8 nitrogen and oxygen atoms in total. The topological polar surface area (TPSA) is 116 Å². The second kappa shape index (κ2) is 9.23. The van der Waals surface area contributed by atoms with Crippen molar-refractivity contribution in [2.45, 2.75) is 18.0 Å². The Kier molecular flexibility index (Phi) is 6.22. The summed E-state index contributed by atoms with van der Waals surface area (Å²) in [6.45, 7) is 1.29. The second-order valence-corrected chi connectivity index (χ2v) is 9.04. The zero-order chi connectivity index (χ0) is 22.6. The maximum absolute atomic E-state index is 12.8. The van der Waals surface area contributed by atoms with Crippen LogP contribution in [0.15, 0.2) is 84.2 Å². The fraction of sp³-hybridized carbons (Fsp3) is 0.0870. The lowest BCUT2D eigenvalue weighted by atomic mass is 10.1. The first kappa shape index (κ1) is 21.6. The van der Waals surface area contributed by atoms with Crippen LogP contribution >= 0.6 is 0 Å². The number of rotatable bonds is 8. The van der Waals surface area contributed by atoms with E-state index in [-0.39, 0.29) is 4.90 Å². The predicted octanol–water partition coefficient (Wildman–Crippen LogP) is 3.01. The van der Waals surface area contributed by atoms with E-state index in [4.69, 9.17) is 5.21 Å². The molecule has 0 spiro atoms. The number of amides is 1. The lowest BCUT2D eigenvalue weighted by Crippen LogP contribution is -2.14. The Labute approximate surface area is 185 Å². The van der Waals surface area contributed by atoms with Crippen molar-refractivity contribution in [3.63, 3.8) is 0 Å². The SMILES string of the molecule is O=C(C=Cc1ccn(S(=O)(=O)c2ccc(CNCc3c[nH]c4ccccc34)cc2)c1)NO. The van der Waals surface area contributed by atoms with Gasteiger partial charge in [0.2, 0.25) is 0 Å². The molecule has 0 atom stereocenters. The molecule has 0 fully saturated rings. The van der Waals surface area contributed by atoms with Crippen LogP contribution in [0.25, 0.3) is 17.0 Å². The highest BCUT2D eigenvalue weighted by molar-refractivity contribution is 7.90. The third-order valence-corrected chi connectivity index (χ3v) is 6.70. The number of aromatic nitrogens is 2. The van der Waals surface area contributed by atoms with Gasteiger partial charge in [-0.1, -0.05) is 30.3 Å². The van der Waals surface area contributed by atoms with Gasteiger partial charge in [0.1, 0.15) is 0 Å². The van der Waals surface area contributed by atoms with Crippen molar-refractivity contribution in [1.82, 2.24) is 19.8 Å². The molecule has 0 saturated carbocycles. The molecule has 4 aromatic rings. The predicted molar refractivity (Wildman–Crippen MR) is 121 cm³/mol. The molecule has 0 unspecified atom stereocenters. The van der Waals surface area contributed by atoms with Crippen molar-refractivity contribution < 1.29 is 18.4 Å². The van der Waals surface area contributed by atoms with E-state index >= 15 is 0 Å². The monoisotopic (exact) mass is 450 g/mol. The van der Waals surface area contributed by atoms with E-state index in [0.717, 1.165) is 21.1 Å². The number of hydrogen-bond acceptors (Lipinski definition) is 5. The molecule has 4 rings (SSSR count). The molecule has 32 heavy (non-hydrogen) atoms. The highest BCUT2D eigenvalue weighted by Gasteiger charge is 2.16. The number of fused-ring (bicyclic) bond motifs is 1. The summed E-state index contributed by atoms with van der Waals surface area (Å²) in [5, 5.41) is 13.1. The van der Waals surface area contributed by atoms with Gasteiger partial charge in [0.25, 0.3) is 15.9 Å². The fourth-order valence-electron chi connectivity index (χ4n) is 3.37. The molecule has 0 bridgehead atoms. The van der Waals surface area contributed by atoms with Crippen LogP contribution in [0.2, 0.25) is 0 Å². The van der Waals surface area contributed by atoms with Gasteiger partial charge in [-0.05, 0) is 47.0 Å². The maximum atomic E-state index is 12.8. The standard InChI is InChI=1S/C23H22N4O4S/c28-23(26-29)10-7-18-11-12-27(16-18)32(30,31)20-8-5-17(6-9-20)13-24-14-19-15-25-22-4-2-1-3-21(19)22/h1-12,15-16,24-25,29H,13-14H2,(H,26,28). The van der Waals surface area contributed by atoms with Crippen LogP contribution in [-0.2, 0) is 27.9 Å². The van der Waals surface area contributed by atoms with Crippen LogP contribution in [0, 0.1) is 0 Å². The first-order valence-electron chi connectivity index (χ1n) is 9.88. The summed E-state index contributed by atoms with van der Waals surface area (Å²) in [6, 6.07) is 16.4. The molecule has 0 aliphatic rings. The Balaban J connectivity index is 1.40. The average Bonchev–Trinajstić information content (AvgIpc) is 3.46. The maximum Gasteiger partial charge on any atom is 0.267 e. The normalized spacial score (nSPS) is 11.9. The molecular formula is C23H22N4O4S. The van der Waals surface area contributed by atoms with Gasteiger partial charge in [-0.25, -0.2) is 17.9 Å². The largest absolute Gasteiger partial charge is 0.361 e. The number of hydrogen-bond donors (Lipinski definition) is 4. The zero-order valence-electron chi connectivity index (χ0n) is 17.0. The number of hydroxylamine groups is 1. The minimum absolute atomic E-state index is 0.164. The van der Waals surface area contributed by atoms with E-state index in [1.54, 1.807) is 30.3 Å². The number of benzene rings is 2. The summed E-state index contributed by atoms with van der Waals surface area (Å²) in [5.74, 6) is -0.700. The van der Waals surface area contributed by atoms with Crippen molar-refractivity contribution in [1.29, 1.82) is 0 Å². The molecule has 2 aromatic carbocycles. The second-order valence-electron chi connectivity index (χ2n) is 7.20. The molecule has 9 heteroatoms. The molecule has 2 heterocycles. The van der Waals surface area contributed by atoms with Gasteiger partial charge >= 0.3 is 0 Å². The van der Waals surface area contributed by atoms with E-state index in [9.17, 15) is 13.2 Å². The first-order valence-corrected chi connectivity index (χ1v) is 11.3. The molecule has 0 aliphatic heterocycles. The van der Waals surface area contributed by atoms with Crippen molar-refractivity contribution in [3.8, 4) is 0 Å². The summed E-state index contributed by atoms with van der Waals surface area (Å²) in [5.41, 5.74) is 5.22. The Bertz CT molecular complexity index is 1370. The lowest BCUT2D eigenvalue weighted by molar-refractivity contribution is -0.124. The molecule has 0 aliphatic carbocycles. The molecular weight excluding hydrogens is 428 g/mol. The minimum Gasteiger partial charge on any atom is -0.361 e. The van der Waals surface area contributed by atoms with Gasteiger partial charge in [-0.15, -0.1) is 0 Å². The van der Waals surface area contributed by atoms with Crippen molar-refractivity contribution in [2.24, 2.45) is 0 Å². The first-order chi connectivity index (χ1) is 15.5. The van der Waals surface area contributed by atoms with E-state index in [1.807, 2.05) is 24.4 Å². The summed E-state index contributed by atoms with van der Waals surface area (Å²) in [7, 11) is -3.75. The van der Waals surface area contributed by atoms with Gasteiger partial charge in [-0.2, -0.15) is 0 Å². The quantitative estimate of drug-likeness (QED) is 0.187. The van der Waals surface area contributed by atoms with Crippen molar-refractivity contribution in [2.75, 3.05) is 0 Å². The zero-order valence-corrected chi connectivity index (χ0v) is 17.8. The Morgan fingerprint density at radius 1 is 1.06 bits per heavy atom. The van der Waals surface area contributed by atoms with Gasteiger partial charge in [0.15, 0.2) is 0 Å². The molecule has 0 saturated heterocycles. The highest BCUT2D eigenvalue weighted by Crippen LogP contribution is 2.19. The van der Waals surface area contributed by atoms with Gasteiger partial charge in [0, 0.05) is 48.7 Å². The summed E-state index contributed by atoms with van der Waals surface area (Å²) in [6.07, 6.45) is 7.30. The number of H-pyrrole nitrogens is 1. The van der Waals surface area contributed by atoms with Gasteiger partial charge in [-0.3, -0.25) is 10.0 Å². The van der Waals surface area contributed by atoms with E-state index in [1.165, 1.54) is 34.9 Å². The Morgan fingerprint density at radius 3 is 2.62 bits per heavy atom. The Morgan fingerprint density at radius 2 is 1.84 bits per heavy atom. The summed E-state index contributed by atoms with van der Waals surface area (Å²) in [4.78, 5) is 14.5. The molecule has 2 aromatic heterocycles. The molecule has 164 valence electrons. The highest BCUT2D eigenvalue weighted by atomic mass is 32.2. The van der Waals surface area contributed by atoms with Crippen molar-refractivity contribution in [3.05, 3.63) is 96.0 Å². The third kappa shape index (κ3) is 4.65. The minimum atomic E-state index is -3.75. The number of para-hydroxylation sites is 1. The average molecular weight is 451 g/mol. The van der Waals surface area contributed by atoms with Crippen LogP contribution in [0.4, 0.5) is 0 Å². The third-order valence-electron chi connectivity index (χ3n) is 5.05.